The van der Waals surface area contributed by atoms with E-state index < -0.39 is 21.7 Å². The quantitative estimate of drug-likeness (QED) is 0.249. The van der Waals surface area contributed by atoms with Gasteiger partial charge in [0.15, 0.2) is 0 Å². The lowest BCUT2D eigenvalue weighted by Crippen LogP contribution is -2.17. The molecule has 2 atom stereocenters. The summed E-state index contributed by atoms with van der Waals surface area (Å²) in [5, 5.41) is 13.9. The van der Waals surface area contributed by atoms with E-state index in [1.54, 1.807) is 6.08 Å². The van der Waals surface area contributed by atoms with Crippen LogP contribution in [0.4, 0.5) is 0 Å². The molecule has 0 aromatic heterocycles. The highest BCUT2D eigenvalue weighted by molar-refractivity contribution is 7.89. The third-order valence-corrected chi connectivity index (χ3v) is 6.19. The van der Waals surface area contributed by atoms with Gasteiger partial charge in [-0.25, -0.2) is 18.4 Å². The number of carboxylic acid groups (broad SMARTS) is 1. The largest absolute Gasteiger partial charge is 0.478 e. The topological polar surface area (TPSA) is 97.5 Å². The van der Waals surface area contributed by atoms with Crippen molar-refractivity contribution in [1.29, 1.82) is 0 Å². The number of nitrogens with two attached hydrogens (primary N) is 1. The average molecular weight is 400 g/mol. The lowest BCUT2D eigenvalue weighted by Gasteiger charge is -2.19. The molecule has 1 fully saturated rings. The summed E-state index contributed by atoms with van der Waals surface area (Å²) in [6.07, 6.45) is 19.6. The first-order valence-corrected chi connectivity index (χ1v) is 12.1. The number of carboxylic acids is 1. The van der Waals surface area contributed by atoms with E-state index in [0.29, 0.717) is 0 Å². The van der Waals surface area contributed by atoms with Gasteiger partial charge in [-0.2, -0.15) is 0 Å². The van der Waals surface area contributed by atoms with Crippen LogP contribution in [0.3, 0.4) is 0 Å². The first kappa shape index (κ1) is 23.9. The minimum Gasteiger partial charge on any atom is -0.478 e. The van der Waals surface area contributed by atoms with Crippen LogP contribution in [0.5, 0.6) is 0 Å². The van der Waals surface area contributed by atoms with E-state index in [1.807, 2.05) is 6.08 Å². The van der Waals surface area contributed by atoms with Crippen molar-refractivity contribution in [1.82, 2.24) is 0 Å². The zero-order valence-corrected chi connectivity index (χ0v) is 17.6. The number of carbonyl (C=O) groups is 1. The number of allylic oxidation sites excluding steroid dienone is 2. The van der Waals surface area contributed by atoms with Gasteiger partial charge in [-0.15, -0.1) is 0 Å². The van der Waals surface area contributed by atoms with Crippen LogP contribution in [0.2, 0.25) is 0 Å². The highest BCUT2D eigenvalue weighted by atomic mass is 32.2. The summed E-state index contributed by atoms with van der Waals surface area (Å²) in [6, 6.07) is 0. The van der Waals surface area contributed by atoms with Crippen molar-refractivity contribution in [2.24, 2.45) is 17.0 Å². The van der Waals surface area contributed by atoms with Gasteiger partial charge >= 0.3 is 5.97 Å². The molecule has 0 aliphatic heterocycles. The fourth-order valence-electron chi connectivity index (χ4n) is 4.13. The zero-order valence-electron chi connectivity index (χ0n) is 16.7. The predicted octanol–water partition coefficient (Wildman–Crippen LogP) is 4.79. The summed E-state index contributed by atoms with van der Waals surface area (Å²) in [5.74, 6) is -0.0357. The van der Waals surface area contributed by atoms with Crippen LogP contribution in [0.15, 0.2) is 23.8 Å². The Hall–Kier alpha value is -1.14. The lowest BCUT2D eigenvalue weighted by atomic mass is 9.87. The third kappa shape index (κ3) is 12.0. The SMILES string of the molecule is CCCCCCCC[C@H]1CCC[C@@H]1CCC=CC(=CC(=O)O)CS(N)(=O)=O. The van der Waals surface area contributed by atoms with Gasteiger partial charge in [-0.05, 0) is 30.3 Å². The van der Waals surface area contributed by atoms with Crippen LogP contribution >= 0.6 is 0 Å². The molecule has 0 unspecified atom stereocenters. The van der Waals surface area contributed by atoms with Crippen LogP contribution in [0.25, 0.3) is 0 Å². The minimum absolute atomic E-state index is 0.222. The Bertz CT molecular complexity index is 595. The summed E-state index contributed by atoms with van der Waals surface area (Å²) in [4.78, 5) is 10.8. The van der Waals surface area contributed by atoms with Gasteiger partial charge in [0.05, 0.1) is 5.75 Å². The Morgan fingerprint density at radius 3 is 2.33 bits per heavy atom. The summed E-state index contributed by atoms with van der Waals surface area (Å²) >= 11 is 0. The Morgan fingerprint density at radius 1 is 1.07 bits per heavy atom. The number of unbranched alkanes of at least 4 members (excludes halogenated alkanes) is 5. The Labute approximate surface area is 165 Å². The second-order valence-electron chi connectivity index (χ2n) is 7.85. The van der Waals surface area contributed by atoms with Crippen LogP contribution in [-0.4, -0.2) is 25.2 Å². The number of hydrogen-bond acceptors (Lipinski definition) is 3. The first-order valence-electron chi connectivity index (χ1n) is 10.4. The highest BCUT2D eigenvalue weighted by Crippen LogP contribution is 2.38. The molecule has 0 bridgehead atoms. The molecule has 27 heavy (non-hydrogen) atoms. The number of rotatable bonds is 14. The van der Waals surface area contributed by atoms with Gasteiger partial charge < -0.3 is 5.11 Å². The van der Waals surface area contributed by atoms with Crippen molar-refractivity contribution in [3.8, 4) is 0 Å². The molecule has 0 aromatic carbocycles. The lowest BCUT2D eigenvalue weighted by molar-refractivity contribution is -0.131. The molecular weight excluding hydrogens is 362 g/mol. The normalized spacial score (nSPS) is 21.2. The summed E-state index contributed by atoms with van der Waals surface area (Å²) in [6.45, 7) is 2.24. The molecule has 0 amide bonds. The van der Waals surface area contributed by atoms with Crippen molar-refractivity contribution < 1.29 is 18.3 Å². The third-order valence-electron chi connectivity index (χ3n) is 5.46. The Kier molecular flexibility index (Phi) is 11.6. The predicted molar refractivity (Wildman–Crippen MR) is 111 cm³/mol. The van der Waals surface area contributed by atoms with Gasteiger partial charge in [0, 0.05) is 6.08 Å². The smallest absolute Gasteiger partial charge is 0.328 e. The van der Waals surface area contributed by atoms with E-state index in [1.165, 1.54) is 64.2 Å². The van der Waals surface area contributed by atoms with Crippen LogP contribution < -0.4 is 5.14 Å². The molecule has 1 saturated carbocycles. The zero-order chi connectivity index (χ0) is 20.1. The molecule has 1 aliphatic rings. The van der Waals surface area contributed by atoms with Gasteiger partial charge in [0.1, 0.15) is 0 Å². The monoisotopic (exact) mass is 399 g/mol. The summed E-state index contributed by atoms with van der Waals surface area (Å²) in [5.41, 5.74) is 0.222. The molecule has 3 N–H and O–H groups in total. The second-order valence-corrected chi connectivity index (χ2v) is 9.47. The standard InChI is InChI=1S/C21H37NO4S/c1-2-3-4-5-6-7-12-19-14-10-15-20(19)13-9-8-11-18(16-21(23)24)17-27(22,25)26/h8,11,16,19-20H,2-7,9-10,12-15,17H2,1H3,(H,23,24)(H2,22,25,26)/t19-,20-/m0/s1. The summed E-state index contributed by atoms with van der Waals surface area (Å²) < 4.78 is 22.4. The van der Waals surface area contributed by atoms with Gasteiger partial charge in [0.25, 0.3) is 0 Å². The summed E-state index contributed by atoms with van der Waals surface area (Å²) in [7, 11) is -3.73. The van der Waals surface area contributed by atoms with Crippen LogP contribution in [0, 0.1) is 11.8 Å². The molecule has 0 heterocycles. The molecule has 156 valence electrons. The van der Waals surface area contributed by atoms with E-state index in [-0.39, 0.29) is 5.57 Å². The van der Waals surface area contributed by atoms with Crippen LogP contribution in [-0.2, 0) is 14.8 Å². The van der Waals surface area contributed by atoms with Gasteiger partial charge in [-0.3, -0.25) is 0 Å². The second kappa shape index (κ2) is 13.1. The highest BCUT2D eigenvalue weighted by Gasteiger charge is 2.25. The maximum atomic E-state index is 11.2. The van der Waals surface area contributed by atoms with E-state index in [0.717, 1.165) is 30.8 Å². The Morgan fingerprint density at radius 2 is 1.70 bits per heavy atom. The number of sulfonamides is 1. The fourth-order valence-corrected chi connectivity index (χ4v) is 4.78. The molecular formula is C21H37NO4S. The van der Waals surface area contributed by atoms with Crippen molar-refractivity contribution >= 4 is 16.0 Å². The molecule has 1 rings (SSSR count). The van der Waals surface area contributed by atoms with Crippen molar-refractivity contribution in [3.05, 3.63) is 23.8 Å². The van der Waals surface area contributed by atoms with E-state index in [4.69, 9.17) is 10.2 Å². The Balaban J connectivity index is 2.37. The average Bonchev–Trinajstić information content (AvgIpc) is 3.00. The van der Waals surface area contributed by atoms with E-state index in [9.17, 15) is 13.2 Å². The van der Waals surface area contributed by atoms with Gasteiger partial charge in [0.2, 0.25) is 10.0 Å². The molecule has 1 aliphatic carbocycles. The maximum absolute atomic E-state index is 11.2. The minimum atomic E-state index is -3.73. The maximum Gasteiger partial charge on any atom is 0.328 e. The van der Waals surface area contributed by atoms with Crippen molar-refractivity contribution in [2.45, 2.75) is 84.0 Å². The molecule has 0 radical (unpaired) electrons. The molecule has 6 heteroatoms. The van der Waals surface area contributed by atoms with Crippen molar-refractivity contribution in [2.75, 3.05) is 5.75 Å². The molecule has 0 saturated heterocycles. The fraction of sp³-hybridized carbons (Fsp3) is 0.762. The first-order chi connectivity index (χ1) is 12.8. The van der Waals surface area contributed by atoms with E-state index in [2.05, 4.69) is 6.92 Å². The van der Waals surface area contributed by atoms with Crippen molar-refractivity contribution in [3.63, 3.8) is 0 Å². The number of hydrogen-bond donors (Lipinski definition) is 2. The molecule has 0 aromatic rings. The number of aliphatic carboxylic acids is 1. The van der Waals surface area contributed by atoms with E-state index >= 15 is 0 Å². The number of primary sulfonamides is 1. The van der Waals surface area contributed by atoms with Gasteiger partial charge in [-0.1, -0.05) is 83.3 Å². The van der Waals surface area contributed by atoms with Crippen LogP contribution in [0.1, 0.15) is 84.0 Å². The molecule has 0 spiro atoms. The molecule has 5 nitrogen and oxygen atoms in total.